The zero-order valence-electron chi connectivity index (χ0n) is 11.4. The summed E-state index contributed by atoms with van der Waals surface area (Å²) >= 11 is 13.6. The highest BCUT2D eigenvalue weighted by atomic mass is 35.5. The Balaban J connectivity index is 2.24. The van der Waals surface area contributed by atoms with Crippen molar-refractivity contribution < 1.29 is 9.90 Å². The first-order chi connectivity index (χ1) is 9.41. The van der Waals surface area contributed by atoms with E-state index in [4.69, 9.17) is 23.2 Å². The van der Waals surface area contributed by atoms with Gasteiger partial charge in [-0.3, -0.25) is 4.79 Å². The van der Waals surface area contributed by atoms with Gasteiger partial charge in [-0.1, -0.05) is 23.2 Å². The normalized spacial score (nSPS) is 17.6. The number of hydrogen-bond donors (Lipinski definition) is 2. The average Bonchev–Trinajstić information content (AvgIpc) is 3.23. The fourth-order valence-electron chi connectivity index (χ4n) is 2.18. The Kier molecular flexibility index (Phi) is 4.90. The Morgan fingerprint density at radius 3 is 2.60 bits per heavy atom. The van der Waals surface area contributed by atoms with Gasteiger partial charge in [-0.25, -0.2) is 0 Å². The Hall–Kier alpha value is -0.420. The van der Waals surface area contributed by atoms with Gasteiger partial charge in [0.05, 0.1) is 27.8 Å². The van der Waals surface area contributed by atoms with E-state index in [1.165, 1.54) is 11.8 Å². The minimum Gasteiger partial charge on any atom is -0.394 e. The molecule has 0 saturated heterocycles. The molecule has 0 heterocycles. The summed E-state index contributed by atoms with van der Waals surface area (Å²) in [5.41, 5.74) is -0.194. The van der Waals surface area contributed by atoms with E-state index < -0.39 is 5.54 Å². The predicted octanol–water partition coefficient (Wildman–Crippen LogP) is 3.61. The first-order valence-electron chi connectivity index (χ1n) is 6.37. The molecular weight excluding hydrogens is 317 g/mol. The molecule has 110 valence electrons. The summed E-state index contributed by atoms with van der Waals surface area (Å²) in [4.78, 5) is 13.2. The van der Waals surface area contributed by atoms with Gasteiger partial charge in [-0.05, 0) is 44.1 Å². The SMILES string of the molecule is CSc1cc(C(=O)NC(C)(CO)C2CC2)c(Cl)cc1Cl. The molecule has 1 saturated carbocycles. The van der Waals surface area contributed by atoms with E-state index in [0.717, 1.165) is 17.7 Å². The monoisotopic (exact) mass is 333 g/mol. The van der Waals surface area contributed by atoms with Crippen LogP contribution >= 0.6 is 35.0 Å². The van der Waals surface area contributed by atoms with Crippen LogP contribution in [0.3, 0.4) is 0 Å². The lowest BCUT2D eigenvalue weighted by Gasteiger charge is -2.29. The molecule has 0 aromatic heterocycles. The molecule has 1 unspecified atom stereocenters. The third-order valence-corrected chi connectivity index (χ3v) is 5.21. The average molecular weight is 334 g/mol. The molecule has 2 rings (SSSR count). The highest BCUT2D eigenvalue weighted by Crippen LogP contribution is 2.39. The summed E-state index contributed by atoms with van der Waals surface area (Å²) in [6, 6.07) is 3.27. The molecule has 1 amide bonds. The molecule has 0 spiro atoms. The summed E-state index contributed by atoms with van der Waals surface area (Å²) in [7, 11) is 0. The fourth-order valence-corrected chi connectivity index (χ4v) is 3.37. The van der Waals surface area contributed by atoms with Gasteiger partial charge in [-0.2, -0.15) is 0 Å². The van der Waals surface area contributed by atoms with E-state index in [1.54, 1.807) is 12.1 Å². The number of aliphatic hydroxyl groups excluding tert-OH is 1. The molecule has 0 aliphatic heterocycles. The van der Waals surface area contributed by atoms with Crippen molar-refractivity contribution >= 4 is 40.9 Å². The van der Waals surface area contributed by atoms with Crippen LogP contribution in [0.2, 0.25) is 10.0 Å². The second-order valence-corrected chi connectivity index (χ2v) is 6.93. The molecule has 1 aromatic carbocycles. The Labute approximate surface area is 133 Å². The summed E-state index contributed by atoms with van der Waals surface area (Å²) in [6.45, 7) is 1.78. The number of aliphatic hydroxyl groups is 1. The second kappa shape index (κ2) is 6.14. The van der Waals surface area contributed by atoms with Crippen molar-refractivity contribution in [3.8, 4) is 0 Å². The highest BCUT2D eigenvalue weighted by molar-refractivity contribution is 7.98. The lowest BCUT2D eigenvalue weighted by molar-refractivity contribution is 0.0824. The zero-order valence-corrected chi connectivity index (χ0v) is 13.7. The van der Waals surface area contributed by atoms with Crippen LogP contribution in [0.4, 0.5) is 0 Å². The summed E-state index contributed by atoms with van der Waals surface area (Å²) in [5.74, 6) is 0.0629. The molecule has 1 aliphatic rings. The number of carbonyl (C=O) groups is 1. The molecule has 1 aliphatic carbocycles. The van der Waals surface area contributed by atoms with Crippen molar-refractivity contribution in [1.29, 1.82) is 0 Å². The second-order valence-electron chi connectivity index (χ2n) is 5.27. The number of halogens is 2. The highest BCUT2D eigenvalue weighted by Gasteiger charge is 2.42. The first kappa shape index (κ1) is 16.0. The molecule has 3 nitrogen and oxygen atoms in total. The third-order valence-electron chi connectivity index (χ3n) is 3.69. The quantitative estimate of drug-likeness (QED) is 0.809. The van der Waals surface area contributed by atoms with Gasteiger partial charge in [0.1, 0.15) is 0 Å². The molecule has 1 aromatic rings. The molecular formula is C14H17Cl2NO2S. The van der Waals surface area contributed by atoms with Crippen molar-refractivity contribution in [2.45, 2.75) is 30.2 Å². The van der Waals surface area contributed by atoms with Crippen LogP contribution in [-0.2, 0) is 0 Å². The maximum absolute atomic E-state index is 12.4. The van der Waals surface area contributed by atoms with E-state index in [0.29, 0.717) is 21.5 Å². The van der Waals surface area contributed by atoms with Crippen molar-refractivity contribution in [1.82, 2.24) is 5.32 Å². The van der Waals surface area contributed by atoms with Gasteiger partial charge in [0.15, 0.2) is 0 Å². The number of benzene rings is 1. The smallest absolute Gasteiger partial charge is 0.253 e. The van der Waals surface area contributed by atoms with Gasteiger partial charge < -0.3 is 10.4 Å². The van der Waals surface area contributed by atoms with Crippen LogP contribution in [0.15, 0.2) is 17.0 Å². The predicted molar refractivity (Wildman–Crippen MR) is 83.9 cm³/mol. The Bertz CT molecular complexity index is 534. The van der Waals surface area contributed by atoms with Gasteiger partial charge in [0, 0.05) is 4.90 Å². The molecule has 0 bridgehead atoms. The minimum atomic E-state index is -0.584. The Morgan fingerprint density at radius 1 is 1.45 bits per heavy atom. The molecule has 1 fully saturated rings. The zero-order chi connectivity index (χ0) is 14.9. The van der Waals surface area contributed by atoms with Crippen molar-refractivity contribution in [3.05, 3.63) is 27.7 Å². The van der Waals surface area contributed by atoms with Crippen molar-refractivity contribution in [2.24, 2.45) is 5.92 Å². The van der Waals surface area contributed by atoms with E-state index in [1.807, 2.05) is 13.2 Å². The van der Waals surface area contributed by atoms with E-state index in [9.17, 15) is 9.90 Å². The molecule has 20 heavy (non-hydrogen) atoms. The lowest BCUT2D eigenvalue weighted by Crippen LogP contribution is -2.50. The van der Waals surface area contributed by atoms with Crippen LogP contribution < -0.4 is 5.32 Å². The topological polar surface area (TPSA) is 49.3 Å². The number of thioether (sulfide) groups is 1. The largest absolute Gasteiger partial charge is 0.394 e. The van der Waals surface area contributed by atoms with Crippen LogP contribution in [0, 0.1) is 5.92 Å². The summed E-state index contributed by atoms with van der Waals surface area (Å²) < 4.78 is 0. The molecule has 2 N–H and O–H groups in total. The third kappa shape index (κ3) is 3.25. The number of nitrogens with one attached hydrogen (secondary N) is 1. The standard InChI is InChI=1S/C14H17Cl2NO2S/c1-14(7-18,8-3-4-8)17-13(19)9-5-12(20-2)11(16)6-10(9)15/h5-6,8,18H,3-4,7H2,1-2H3,(H,17,19). The van der Waals surface area contributed by atoms with Crippen LogP contribution in [0.25, 0.3) is 0 Å². The van der Waals surface area contributed by atoms with E-state index >= 15 is 0 Å². The van der Waals surface area contributed by atoms with E-state index in [-0.39, 0.29) is 12.5 Å². The number of amides is 1. The number of rotatable bonds is 5. The van der Waals surface area contributed by atoms with Crippen LogP contribution in [0.1, 0.15) is 30.1 Å². The number of carbonyl (C=O) groups excluding carboxylic acids is 1. The summed E-state index contributed by atoms with van der Waals surface area (Å²) in [5, 5.41) is 13.3. The van der Waals surface area contributed by atoms with Gasteiger partial charge in [-0.15, -0.1) is 11.8 Å². The Morgan fingerprint density at radius 2 is 2.10 bits per heavy atom. The fraction of sp³-hybridized carbons (Fsp3) is 0.500. The van der Waals surface area contributed by atoms with Gasteiger partial charge in [0.25, 0.3) is 5.91 Å². The lowest BCUT2D eigenvalue weighted by atomic mass is 9.96. The number of hydrogen-bond acceptors (Lipinski definition) is 3. The van der Waals surface area contributed by atoms with Crippen molar-refractivity contribution in [3.63, 3.8) is 0 Å². The molecule has 1 atom stereocenters. The van der Waals surface area contributed by atoms with Gasteiger partial charge in [0.2, 0.25) is 0 Å². The maximum atomic E-state index is 12.4. The molecule has 6 heteroatoms. The molecule has 0 radical (unpaired) electrons. The summed E-state index contributed by atoms with van der Waals surface area (Å²) in [6.07, 6.45) is 3.95. The van der Waals surface area contributed by atoms with Crippen molar-refractivity contribution in [2.75, 3.05) is 12.9 Å². The minimum absolute atomic E-state index is 0.0794. The van der Waals surface area contributed by atoms with Gasteiger partial charge >= 0.3 is 0 Å². The van der Waals surface area contributed by atoms with E-state index in [2.05, 4.69) is 5.32 Å². The van der Waals surface area contributed by atoms with Crippen LogP contribution in [-0.4, -0.2) is 29.4 Å². The first-order valence-corrected chi connectivity index (χ1v) is 8.35. The van der Waals surface area contributed by atoms with Crippen LogP contribution in [0.5, 0.6) is 0 Å². The maximum Gasteiger partial charge on any atom is 0.253 e.